The van der Waals surface area contributed by atoms with Crippen LogP contribution in [0.2, 0.25) is 0 Å². The highest BCUT2D eigenvalue weighted by atomic mass is 32.2. The summed E-state index contributed by atoms with van der Waals surface area (Å²) in [6, 6.07) is 17.8. The minimum absolute atomic E-state index is 0.104. The molecule has 0 unspecified atom stereocenters. The Bertz CT molecular complexity index is 1130. The number of carbonyl (C=O) groups is 1. The summed E-state index contributed by atoms with van der Waals surface area (Å²) in [5.74, 6) is 0.431. The average molecular weight is 462 g/mol. The molecule has 7 nitrogen and oxygen atoms in total. The number of nitrogens with zero attached hydrogens (tertiary/aromatic N) is 3. The summed E-state index contributed by atoms with van der Waals surface area (Å²) in [5, 5.41) is 7.00. The Labute approximate surface area is 198 Å². The molecule has 2 aromatic carbocycles. The molecule has 0 radical (unpaired) electrons. The fourth-order valence-electron chi connectivity index (χ4n) is 3.28. The van der Waals surface area contributed by atoms with Crippen LogP contribution in [0.5, 0.6) is 0 Å². The Balaban J connectivity index is 1.40. The molecule has 0 atom stereocenters. The Morgan fingerprint density at radius 1 is 1.09 bits per heavy atom. The number of ether oxygens (including phenoxy) is 1. The highest BCUT2D eigenvalue weighted by Gasteiger charge is 2.11. The van der Waals surface area contributed by atoms with Gasteiger partial charge in [0.05, 0.1) is 13.2 Å². The van der Waals surface area contributed by atoms with Gasteiger partial charge in [0.15, 0.2) is 0 Å². The first-order valence-electron chi connectivity index (χ1n) is 10.9. The molecular weight excluding hydrogens is 434 g/mol. The summed E-state index contributed by atoms with van der Waals surface area (Å²) >= 11 is 1.51. The van der Waals surface area contributed by atoms with Gasteiger partial charge < -0.3 is 20.3 Å². The van der Waals surface area contributed by atoms with E-state index in [9.17, 15) is 4.79 Å². The van der Waals surface area contributed by atoms with Crippen molar-refractivity contribution in [1.29, 1.82) is 0 Å². The highest BCUT2D eigenvalue weighted by Crippen LogP contribution is 2.29. The van der Waals surface area contributed by atoms with Crippen LogP contribution >= 0.6 is 11.8 Å². The monoisotopic (exact) mass is 461 g/mol. The van der Waals surface area contributed by atoms with Crippen molar-refractivity contribution in [2.24, 2.45) is 0 Å². The highest BCUT2D eigenvalue weighted by molar-refractivity contribution is 7.99. The van der Waals surface area contributed by atoms with Crippen molar-refractivity contribution in [2.75, 3.05) is 41.8 Å². The van der Waals surface area contributed by atoms with E-state index in [0.717, 1.165) is 47.6 Å². The molecular formula is C25H27N5O2S. The molecule has 0 aliphatic carbocycles. The van der Waals surface area contributed by atoms with Crippen molar-refractivity contribution in [3.8, 4) is 0 Å². The number of anilines is 4. The van der Waals surface area contributed by atoms with Crippen molar-refractivity contribution >= 4 is 40.7 Å². The molecule has 170 valence electrons. The Morgan fingerprint density at radius 2 is 1.88 bits per heavy atom. The van der Waals surface area contributed by atoms with Gasteiger partial charge >= 0.3 is 0 Å². The second kappa shape index (κ2) is 11.0. The first-order valence-corrected chi connectivity index (χ1v) is 11.7. The van der Waals surface area contributed by atoms with Crippen molar-refractivity contribution in [2.45, 2.75) is 23.8 Å². The quantitative estimate of drug-likeness (QED) is 0.374. The van der Waals surface area contributed by atoms with E-state index in [1.807, 2.05) is 49.4 Å². The number of carbonyl (C=O) groups excluding carboxylic acids is 1. The van der Waals surface area contributed by atoms with E-state index in [0.29, 0.717) is 11.5 Å². The number of hydrogen-bond acceptors (Lipinski definition) is 7. The Hall–Kier alpha value is -3.36. The summed E-state index contributed by atoms with van der Waals surface area (Å²) in [6.45, 7) is 7.00. The van der Waals surface area contributed by atoms with Crippen LogP contribution in [0.3, 0.4) is 0 Å². The van der Waals surface area contributed by atoms with E-state index in [4.69, 9.17) is 4.74 Å². The third kappa shape index (κ3) is 6.34. The predicted octanol–water partition coefficient (Wildman–Crippen LogP) is 5.11. The lowest BCUT2D eigenvalue weighted by atomic mass is 10.2. The summed E-state index contributed by atoms with van der Waals surface area (Å²) in [5.41, 5.74) is 3.54. The van der Waals surface area contributed by atoms with E-state index < -0.39 is 0 Å². The summed E-state index contributed by atoms with van der Waals surface area (Å²) in [6.07, 6.45) is 3.53. The summed E-state index contributed by atoms with van der Waals surface area (Å²) in [4.78, 5) is 24.4. The normalized spacial score (nSPS) is 14.1. The topological polar surface area (TPSA) is 79.4 Å². The van der Waals surface area contributed by atoms with Gasteiger partial charge in [-0.1, -0.05) is 23.9 Å². The van der Waals surface area contributed by atoms with Crippen LogP contribution in [0.25, 0.3) is 0 Å². The third-order valence-electron chi connectivity index (χ3n) is 5.24. The van der Waals surface area contributed by atoms with Gasteiger partial charge in [-0.15, -0.1) is 0 Å². The second-order valence-corrected chi connectivity index (χ2v) is 8.64. The molecule has 1 aliphatic heterocycles. The van der Waals surface area contributed by atoms with Gasteiger partial charge in [-0.2, -0.15) is 0 Å². The van der Waals surface area contributed by atoms with Crippen molar-refractivity contribution in [3.63, 3.8) is 0 Å². The van der Waals surface area contributed by atoms with Crippen LogP contribution in [-0.4, -0.2) is 42.2 Å². The number of hydrogen-bond donors (Lipinski definition) is 2. The molecule has 1 aliphatic rings. The van der Waals surface area contributed by atoms with Gasteiger partial charge in [0, 0.05) is 46.8 Å². The maximum atomic E-state index is 12.1. The number of rotatable bonds is 7. The number of nitrogens with one attached hydrogen (secondary N) is 2. The maximum Gasteiger partial charge on any atom is 0.250 e. The van der Waals surface area contributed by atoms with E-state index >= 15 is 0 Å². The lowest BCUT2D eigenvalue weighted by Crippen LogP contribution is -2.36. The van der Waals surface area contributed by atoms with Crippen molar-refractivity contribution < 1.29 is 9.53 Å². The molecule has 8 heteroatoms. The minimum atomic E-state index is -0.104. The van der Waals surface area contributed by atoms with Crippen LogP contribution in [0, 0.1) is 0 Å². The predicted molar refractivity (Wildman–Crippen MR) is 133 cm³/mol. The van der Waals surface area contributed by atoms with Crippen LogP contribution in [-0.2, 0) is 9.53 Å². The van der Waals surface area contributed by atoms with Gasteiger partial charge in [0.2, 0.25) is 5.95 Å². The first kappa shape index (κ1) is 22.8. The second-order valence-electron chi connectivity index (χ2n) is 7.55. The number of allylic oxidation sites excluding steroid dienone is 1. The molecule has 0 spiro atoms. The number of benzene rings is 2. The minimum Gasteiger partial charge on any atom is -0.378 e. The fraction of sp³-hybridized carbons (Fsp3) is 0.240. The zero-order valence-electron chi connectivity index (χ0n) is 18.7. The van der Waals surface area contributed by atoms with Crippen LogP contribution in [0.4, 0.5) is 23.0 Å². The Kier molecular flexibility index (Phi) is 7.59. The van der Waals surface area contributed by atoms with Gasteiger partial charge in [-0.25, -0.2) is 9.97 Å². The fourth-order valence-corrected chi connectivity index (χ4v) is 4.12. The molecule has 1 saturated heterocycles. The summed E-state index contributed by atoms with van der Waals surface area (Å²) in [7, 11) is 0. The van der Waals surface area contributed by atoms with Gasteiger partial charge in [-0.05, 0) is 62.4 Å². The van der Waals surface area contributed by atoms with Gasteiger partial charge in [0.25, 0.3) is 5.91 Å². The molecule has 0 bridgehead atoms. The van der Waals surface area contributed by atoms with Crippen LogP contribution in [0.15, 0.2) is 82.4 Å². The molecule has 0 saturated carbocycles. The molecule has 2 N–H and O–H groups in total. The molecule has 1 fully saturated rings. The van der Waals surface area contributed by atoms with E-state index in [1.165, 1.54) is 17.4 Å². The zero-order valence-corrected chi connectivity index (χ0v) is 19.6. The van der Waals surface area contributed by atoms with Crippen LogP contribution < -0.4 is 15.5 Å². The Morgan fingerprint density at radius 3 is 2.64 bits per heavy atom. The number of morpholine rings is 1. The number of aromatic nitrogens is 2. The largest absolute Gasteiger partial charge is 0.378 e. The van der Waals surface area contributed by atoms with E-state index in [1.54, 1.807) is 19.2 Å². The number of amides is 1. The molecule has 4 rings (SSSR count). The third-order valence-corrected chi connectivity index (χ3v) is 6.16. The molecule has 3 aromatic rings. The molecule has 1 amide bonds. The lowest BCUT2D eigenvalue weighted by molar-refractivity contribution is -0.112. The zero-order chi connectivity index (χ0) is 23.0. The molecule has 1 aromatic heterocycles. The average Bonchev–Trinajstić information content (AvgIpc) is 2.85. The maximum absolute atomic E-state index is 12.1. The smallest absolute Gasteiger partial charge is 0.250 e. The molecule has 2 heterocycles. The summed E-state index contributed by atoms with van der Waals surface area (Å²) < 4.78 is 5.42. The van der Waals surface area contributed by atoms with Gasteiger partial charge in [-0.3, -0.25) is 4.79 Å². The molecule has 33 heavy (non-hydrogen) atoms. The lowest BCUT2D eigenvalue weighted by Gasteiger charge is -2.28. The van der Waals surface area contributed by atoms with Crippen molar-refractivity contribution in [1.82, 2.24) is 9.97 Å². The van der Waals surface area contributed by atoms with E-state index in [2.05, 4.69) is 37.6 Å². The van der Waals surface area contributed by atoms with E-state index in [-0.39, 0.29) is 5.91 Å². The standard InChI is InChI=1S/C25H27N5O2S/c1-3-18(2)24(31)27-20-5-4-6-22(17-20)33-23-11-12-26-25(29-23)28-19-7-9-21(10-8-19)30-13-15-32-16-14-30/h3-12,17H,13-16H2,1-2H3,(H,27,31)(H,26,28,29)/b18-3+. The van der Waals surface area contributed by atoms with Gasteiger partial charge in [0.1, 0.15) is 5.03 Å². The van der Waals surface area contributed by atoms with Crippen molar-refractivity contribution in [3.05, 3.63) is 72.4 Å². The SMILES string of the molecule is C/C=C(\C)C(=O)Nc1cccc(Sc2ccnc(Nc3ccc(N4CCOCC4)cc3)n2)c1. The van der Waals surface area contributed by atoms with Crippen LogP contribution in [0.1, 0.15) is 13.8 Å². The first-order chi connectivity index (χ1) is 16.1.